The maximum Gasteiger partial charge on any atom is 0.299 e. The van der Waals surface area contributed by atoms with E-state index in [0.29, 0.717) is 15.7 Å². The molecule has 1 aliphatic rings. The van der Waals surface area contributed by atoms with Crippen molar-refractivity contribution in [3.63, 3.8) is 0 Å². The first kappa shape index (κ1) is 12.7. The van der Waals surface area contributed by atoms with E-state index in [4.69, 9.17) is 5.84 Å². The predicted molar refractivity (Wildman–Crippen MR) is 67.9 cm³/mol. The summed E-state index contributed by atoms with van der Waals surface area (Å²) in [5.74, 6) is 3.12. The standard InChI is InChI=1S/C11H10BrN3O3/c1-5-2-6(12)3-7-9(5)15(4-8(16)14-13)11(18)10(7)17/h2-3H,4,13H2,1H3,(H,14,16). The van der Waals surface area contributed by atoms with Crippen molar-refractivity contribution in [1.29, 1.82) is 0 Å². The Morgan fingerprint density at radius 2 is 2.11 bits per heavy atom. The number of hydrogen-bond acceptors (Lipinski definition) is 4. The van der Waals surface area contributed by atoms with Crippen LogP contribution in [0, 0.1) is 6.92 Å². The lowest BCUT2D eigenvalue weighted by atomic mass is 10.1. The lowest BCUT2D eigenvalue weighted by Crippen LogP contribution is -2.42. The van der Waals surface area contributed by atoms with Crippen molar-refractivity contribution >= 4 is 39.2 Å². The second kappa shape index (κ2) is 4.51. The molecule has 0 atom stereocenters. The van der Waals surface area contributed by atoms with E-state index in [0.717, 1.165) is 10.5 Å². The maximum absolute atomic E-state index is 11.8. The van der Waals surface area contributed by atoms with Gasteiger partial charge in [-0.2, -0.15) is 0 Å². The summed E-state index contributed by atoms with van der Waals surface area (Å²) in [4.78, 5) is 36.0. The molecular formula is C11H10BrN3O3. The van der Waals surface area contributed by atoms with Crippen LogP contribution in [0.2, 0.25) is 0 Å². The Hall–Kier alpha value is -1.73. The Morgan fingerprint density at radius 1 is 1.44 bits per heavy atom. The third kappa shape index (κ3) is 1.91. The largest absolute Gasteiger partial charge is 0.299 e. The highest BCUT2D eigenvalue weighted by Crippen LogP contribution is 2.34. The van der Waals surface area contributed by atoms with E-state index in [2.05, 4.69) is 15.9 Å². The van der Waals surface area contributed by atoms with E-state index < -0.39 is 17.6 Å². The van der Waals surface area contributed by atoms with Gasteiger partial charge in [-0.05, 0) is 24.6 Å². The monoisotopic (exact) mass is 311 g/mol. The van der Waals surface area contributed by atoms with Crippen molar-refractivity contribution < 1.29 is 14.4 Å². The number of carbonyl (C=O) groups excluding carboxylic acids is 3. The molecule has 0 fully saturated rings. The molecule has 0 unspecified atom stereocenters. The number of hydrazine groups is 1. The third-order valence-electron chi connectivity index (χ3n) is 2.68. The van der Waals surface area contributed by atoms with Crippen molar-refractivity contribution in [1.82, 2.24) is 5.43 Å². The minimum absolute atomic E-state index is 0.267. The van der Waals surface area contributed by atoms with Crippen LogP contribution in [0.3, 0.4) is 0 Å². The lowest BCUT2D eigenvalue weighted by Gasteiger charge is -2.17. The summed E-state index contributed by atoms with van der Waals surface area (Å²) in [5.41, 5.74) is 3.45. The molecule has 7 heteroatoms. The fraction of sp³-hybridized carbons (Fsp3) is 0.182. The number of halogens is 1. The molecule has 0 aliphatic carbocycles. The first-order valence-electron chi connectivity index (χ1n) is 5.11. The Morgan fingerprint density at radius 3 is 2.72 bits per heavy atom. The highest BCUT2D eigenvalue weighted by Gasteiger charge is 2.38. The molecule has 18 heavy (non-hydrogen) atoms. The summed E-state index contributed by atoms with van der Waals surface area (Å²) in [6.07, 6.45) is 0. The summed E-state index contributed by atoms with van der Waals surface area (Å²) in [6, 6.07) is 3.35. The van der Waals surface area contributed by atoms with Gasteiger partial charge in [0.15, 0.2) is 0 Å². The Bertz CT molecular complexity index is 571. The molecule has 2 amide bonds. The molecule has 3 N–H and O–H groups in total. The van der Waals surface area contributed by atoms with Gasteiger partial charge in [0.2, 0.25) is 0 Å². The zero-order valence-corrected chi connectivity index (χ0v) is 11.1. The van der Waals surface area contributed by atoms with E-state index in [1.54, 1.807) is 19.1 Å². The Balaban J connectivity index is 2.51. The number of fused-ring (bicyclic) bond motifs is 1. The van der Waals surface area contributed by atoms with Crippen molar-refractivity contribution in [2.24, 2.45) is 5.84 Å². The maximum atomic E-state index is 11.8. The number of nitrogens with two attached hydrogens (primary N) is 1. The predicted octanol–water partition coefficient (Wildman–Crippen LogP) is 0.277. The van der Waals surface area contributed by atoms with E-state index >= 15 is 0 Å². The number of benzene rings is 1. The molecule has 0 saturated carbocycles. The number of Topliss-reactive ketones (excluding diaryl/α,β-unsaturated/α-hetero) is 1. The van der Waals surface area contributed by atoms with Gasteiger partial charge in [0, 0.05) is 4.47 Å². The molecule has 6 nitrogen and oxygen atoms in total. The average molecular weight is 312 g/mol. The van der Waals surface area contributed by atoms with Crippen LogP contribution >= 0.6 is 15.9 Å². The van der Waals surface area contributed by atoms with Crippen LogP contribution in [0.15, 0.2) is 16.6 Å². The number of ketones is 1. The minimum atomic E-state index is -0.713. The van der Waals surface area contributed by atoms with Gasteiger partial charge in [-0.25, -0.2) is 5.84 Å². The van der Waals surface area contributed by atoms with E-state index in [1.165, 1.54) is 0 Å². The van der Waals surface area contributed by atoms with Gasteiger partial charge in [-0.15, -0.1) is 0 Å². The average Bonchev–Trinajstić information content (AvgIpc) is 2.54. The fourth-order valence-electron chi connectivity index (χ4n) is 1.95. The summed E-state index contributed by atoms with van der Waals surface area (Å²) < 4.78 is 0.713. The van der Waals surface area contributed by atoms with E-state index in [-0.39, 0.29) is 6.54 Å². The molecule has 94 valence electrons. The highest BCUT2D eigenvalue weighted by molar-refractivity contribution is 9.10. The van der Waals surface area contributed by atoms with Gasteiger partial charge in [-0.3, -0.25) is 24.7 Å². The topological polar surface area (TPSA) is 92.5 Å². The molecule has 0 saturated heterocycles. The van der Waals surface area contributed by atoms with Crippen LogP contribution < -0.4 is 16.2 Å². The van der Waals surface area contributed by atoms with Crippen molar-refractivity contribution in [3.05, 3.63) is 27.7 Å². The molecule has 0 radical (unpaired) electrons. The SMILES string of the molecule is Cc1cc(Br)cc2c1N(CC(=O)NN)C(=O)C2=O. The second-order valence-electron chi connectivity index (χ2n) is 3.91. The highest BCUT2D eigenvalue weighted by atomic mass is 79.9. The Labute approximate surface area is 111 Å². The Kier molecular flexibility index (Phi) is 3.18. The first-order chi connectivity index (χ1) is 8.45. The molecule has 1 heterocycles. The van der Waals surface area contributed by atoms with Crippen molar-refractivity contribution in [2.45, 2.75) is 6.92 Å². The first-order valence-corrected chi connectivity index (χ1v) is 5.90. The minimum Gasteiger partial charge on any atom is -0.295 e. The van der Waals surface area contributed by atoms with Gasteiger partial charge in [0.25, 0.3) is 17.6 Å². The van der Waals surface area contributed by atoms with Crippen LogP contribution in [-0.2, 0) is 9.59 Å². The summed E-state index contributed by atoms with van der Waals surface area (Å²) in [6.45, 7) is 1.50. The molecule has 0 bridgehead atoms. The third-order valence-corrected chi connectivity index (χ3v) is 3.14. The molecule has 1 aromatic rings. The smallest absolute Gasteiger partial charge is 0.295 e. The summed E-state index contributed by atoms with van der Waals surface area (Å²) >= 11 is 3.27. The molecular weight excluding hydrogens is 302 g/mol. The lowest BCUT2D eigenvalue weighted by molar-refractivity contribution is -0.122. The zero-order valence-electron chi connectivity index (χ0n) is 9.49. The van der Waals surface area contributed by atoms with Crippen LogP contribution in [0.4, 0.5) is 5.69 Å². The molecule has 2 rings (SSSR count). The number of hydrogen-bond donors (Lipinski definition) is 2. The number of nitrogens with one attached hydrogen (secondary N) is 1. The van der Waals surface area contributed by atoms with E-state index in [1.807, 2.05) is 5.43 Å². The second-order valence-corrected chi connectivity index (χ2v) is 4.82. The van der Waals surface area contributed by atoms with Gasteiger partial charge in [-0.1, -0.05) is 15.9 Å². The normalized spacial score (nSPS) is 13.8. The van der Waals surface area contributed by atoms with Gasteiger partial charge >= 0.3 is 0 Å². The van der Waals surface area contributed by atoms with Gasteiger partial charge in [0.05, 0.1) is 11.3 Å². The number of rotatable bonds is 2. The van der Waals surface area contributed by atoms with Crippen LogP contribution in [-0.4, -0.2) is 24.1 Å². The molecule has 0 aromatic heterocycles. The quantitative estimate of drug-likeness (QED) is 0.355. The number of carbonyl (C=O) groups is 3. The molecule has 1 aromatic carbocycles. The van der Waals surface area contributed by atoms with Crippen LogP contribution in [0.5, 0.6) is 0 Å². The van der Waals surface area contributed by atoms with E-state index in [9.17, 15) is 14.4 Å². The number of amides is 2. The van der Waals surface area contributed by atoms with Crippen molar-refractivity contribution in [2.75, 3.05) is 11.4 Å². The van der Waals surface area contributed by atoms with Gasteiger partial charge in [0.1, 0.15) is 6.54 Å². The zero-order chi connectivity index (χ0) is 13.4. The summed E-state index contributed by atoms with van der Waals surface area (Å²) in [5, 5.41) is 0. The molecule has 0 spiro atoms. The van der Waals surface area contributed by atoms with Crippen LogP contribution in [0.25, 0.3) is 0 Å². The fourth-order valence-corrected chi connectivity index (χ4v) is 2.52. The summed E-state index contributed by atoms with van der Waals surface area (Å²) in [7, 11) is 0. The van der Waals surface area contributed by atoms with Gasteiger partial charge < -0.3 is 0 Å². The van der Waals surface area contributed by atoms with Crippen LogP contribution in [0.1, 0.15) is 15.9 Å². The van der Waals surface area contributed by atoms with Crippen molar-refractivity contribution in [3.8, 4) is 0 Å². The number of anilines is 1. The molecule has 1 aliphatic heterocycles. The number of aryl methyl sites for hydroxylation is 1. The number of nitrogens with zero attached hydrogens (tertiary/aromatic N) is 1.